The summed E-state index contributed by atoms with van der Waals surface area (Å²) in [6.07, 6.45) is 1.37. The monoisotopic (exact) mass is 311 g/mol. The van der Waals surface area contributed by atoms with Gasteiger partial charge in [0, 0.05) is 12.5 Å². The van der Waals surface area contributed by atoms with Gasteiger partial charge in [0.25, 0.3) is 0 Å². The second kappa shape index (κ2) is 9.11. The van der Waals surface area contributed by atoms with Gasteiger partial charge in [0.05, 0.1) is 6.10 Å². The van der Waals surface area contributed by atoms with E-state index in [1.54, 1.807) is 0 Å². The third-order valence-electron chi connectivity index (χ3n) is 4.03. The highest BCUT2D eigenvalue weighted by Crippen LogP contribution is 2.16. The molecule has 23 heavy (non-hydrogen) atoms. The van der Waals surface area contributed by atoms with Gasteiger partial charge in [-0.15, -0.1) is 0 Å². The summed E-state index contributed by atoms with van der Waals surface area (Å²) in [5, 5.41) is 13.0. The molecule has 122 valence electrons. The lowest BCUT2D eigenvalue weighted by Gasteiger charge is -2.19. The highest BCUT2D eigenvalue weighted by atomic mass is 16.3. The SMILES string of the molecule is CCC(O)CC(Cc1ccccc1)C(=O)NCc1ccccc1. The van der Waals surface area contributed by atoms with Gasteiger partial charge in [-0.3, -0.25) is 4.79 Å². The maximum absolute atomic E-state index is 12.6. The number of rotatable bonds is 8. The molecule has 2 atom stereocenters. The van der Waals surface area contributed by atoms with E-state index in [0.29, 0.717) is 25.8 Å². The number of aliphatic hydroxyl groups excluding tert-OH is 1. The van der Waals surface area contributed by atoms with E-state index in [-0.39, 0.29) is 11.8 Å². The van der Waals surface area contributed by atoms with Gasteiger partial charge in [-0.25, -0.2) is 0 Å². The van der Waals surface area contributed by atoms with Crippen LogP contribution < -0.4 is 5.32 Å². The van der Waals surface area contributed by atoms with Gasteiger partial charge in [-0.2, -0.15) is 0 Å². The molecule has 0 aliphatic carbocycles. The average Bonchev–Trinajstić information content (AvgIpc) is 2.60. The summed E-state index contributed by atoms with van der Waals surface area (Å²) >= 11 is 0. The van der Waals surface area contributed by atoms with Crippen molar-refractivity contribution in [2.24, 2.45) is 5.92 Å². The molecule has 2 aromatic carbocycles. The molecule has 0 aliphatic rings. The third kappa shape index (κ3) is 5.87. The van der Waals surface area contributed by atoms with Crippen LogP contribution in [0.15, 0.2) is 60.7 Å². The number of carbonyl (C=O) groups is 1. The predicted octanol–water partition coefficient (Wildman–Crippen LogP) is 3.32. The third-order valence-corrected chi connectivity index (χ3v) is 4.03. The molecule has 2 rings (SSSR count). The van der Waals surface area contributed by atoms with Crippen molar-refractivity contribution in [3.8, 4) is 0 Å². The van der Waals surface area contributed by atoms with E-state index < -0.39 is 6.10 Å². The number of hydrogen-bond donors (Lipinski definition) is 2. The van der Waals surface area contributed by atoms with E-state index in [0.717, 1.165) is 11.1 Å². The second-order valence-electron chi connectivity index (χ2n) is 5.89. The highest BCUT2D eigenvalue weighted by Gasteiger charge is 2.21. The minimum absolute atomic E-state index is 0.00482. The van der Waals surface area contributed by atoms with Crippen molar-refractivity contribution in [2.75, 3.05) is 0 Å². The molecule has 0 spiro atoms. The van der Waals surface area contributed by atoms with E-state index >= 15 is 0 Å². The fraction of sp³-hybridized carbons (Fsp3) is 0.350. The van der Waals surface area contributed by atoms with Gasteiger partial charge in [0.15, 0.2) is 0 Å². The number of amides is 1. The Kier molecular flexibility index (Phi) is 6.82. The zero-order valence-corrected chi connectivity index (χ0v) is 13.6. The Hall–Kier alpha value is -2.13. The van der Waals surface area contributed by atoms with Crippen molar-refractivity contribution in [1.29, 1.82) is 0 Å². The van der Waals surface area contributed by atoms with Gasteiger partial charge < -0.3 is 10.4 Å². The standard InChI is InChI=1S/C20H25NO2/c1-2-19(22)14-18(13-16-9-5-3-6-10-16)20(23)21-15-17-11-7-4-8-12-17/h3-12,18-19,22H,2,13-15H2,1H3,(H,21,23). The Morgan fingerprint density at radius 2 is 1.57 bits per heavy atom. The first-order chi connectivity index (χ1) is 11.2. The Bertz CT molecular complexity index is 583. The summed E-state index contributed by atoms with van der Waals surface area (Å²) in [7, 11) is 0. The van der Waals surface area contributed by atoms with Gasteiger partial charge >= 0.3 is 0 Å². The molecule has 0 bridgehead atoms. The van der Waals surface area contributed by atoms with E-state index in [4.69, 9.17) is 0 Å². The minimum Gasteiger partial charge on any atom is -0.393 e. The number of benzene rings is 2. The fourth-order valence-corrected chi connectivity index (χ4v) is 2.61. The summed E-state index contributed by atoms with van der Waals surface area (Å²) in [5.41, 5.74) is 2.20. The lowest BCUT2D eigenvalue weighted by atomic mass is 9.92. The Balaban J connectivity index is 1.98. The van der Waals surface area contributed by atoms with Crippen molar-refractivity contribution in [1.82, 2.24) is 5.32 Å². The van der Waals surface area contributed by atoms with Crippen molar-refractivity contribution >= 4 is 5.91 Å². The average molecular weight is 311 g/mol. The Labute approximate surface area is 138 Å². The summed E-state index contributed by atoms with van der Waals surface area (Å²) in [4.78, 5) is 12.6. The first kappa shape index (κ1) is 17.2. The molecular weight excluding hydrogens is 286 g/mol. The first-order valence-corrected chi connectivity index (χ1v) is 8.22. The quantitative estimate of drug-likeness (QED) is 0.785. The van der Waals surface area contributed by atoms with Crippen LogP contribution in [0.5, 0.6) is 0 Å². The summed E-state index contributed by atoms with van der Waals surface area (Å²) in [6, 6.07) is 19.8. The maximum atomic E-state index is 12.6. The lowest BCUT2D eigenvalue weighted by Crippen LogP contribution is -2.33. The van der Waals surface area contributed by atoms with Crippen LogP contribution in [0.4, 0.5) is 0 Å². The zero-order valence-electron chi connectivity index (χ0n) is 13.6. The molecule has 0 aromatic heterocycles. The van der Waals surface area contributed by atoms with Crippen LogP contribution in [0.25, 0.3) is 0 Å². The molecular formula is C20H25NO2. The van der Waals surface area contributed by atoms with Crippen LogP contribution >= 0.6 is 0 Å². The van der Waals surface area contributed by atoms with Crippen molar-refractivity contribution in [3.63, 3.8) is 0 Å². The Morgan fingerprint density at radius 3 is 2.13 bits per heavy atom. The molecule has 3 heteroatoms. The van der Waals surface area contributed by atoms with Crippen LogP contribution in [0.1, 0.15) is 30.9 Å². The van der Waals surface area contributed by atoms with Crippen molar-refractivity contribution in [3.05, 3.63) is 71.8 Å². The molecule has 2 unspecified atom stereocenters. The molecule has 0 saturated carbocycles. The van der Waals surface area contributed by atoms with Crippen LogP contribution in [0, 0.1) is 5.92 Å². The van der Waals surface area contributed by atoms with Gasteiger partial charge in [0.2, 0.25) is 5.91 Å². The van der Waals surface area contributed by atoms with E-state index in [9.17, 15) is 9.90 Å². The molecule has 2 aromatic rings. The lowest BCUT2D eigenvalue weighted by molar-refractivity contribution is -0.126. The van der Waals surface area contributed by atoms with Crippen LogP contribution in [-0.4, -0.2) is 17.1 Å². The van der Waals surface area contributed by atoms with Crippen LogP contribution in [0.3, 0.4) is 0 Å². The molecule has 0 aliphatic heterocycles. The maximum Gasteiger partial charge on any atom is 0.223 e. The largest absolute Gasteiger partial charge is 0.393 e. The molecule has 3 nitrogen and oxygen atoms in total. The number of nitrogens with one attached hydrogen (secondary N) is 1. The molecule has 1 amide bonds. The topological polar surface area (TPSA) is 49.3 Å². The Morgan fingerprint density at radius 1 is 1.00 bits per heavy atom. The van der Waals surface area contributed by atoms with E-state index in [2.05, 4.69) is 5.32 Å². The second-order valence-corrected chi connectivity index (χ2v) is 5.89. The number of aliphatic hydroxyl groups is 1. The smallest absolute Gasteiger partial charge is 0.223 e. The van der Waals surface area contributed by atoms with Crippen LogP contribution in [-0.2, 0) is 17.8 Å². The fourth-order valence-electron chi connectivity index (χ4n) is 2.61. The van der Waals surface area contributed by atoms with Crippen LogP contribution in [0.2, 0.25) is 0 Å². The molecule has 0 saturated heterocycles. The normalized spacial score (nSPS) is 13.3. The summed E-state index contributed by atoms with van der Waals surface area (Å²) < 4.78 is 0. The first-order valence-electron chi connectivity index (χ1n) is 8.22. The zero-order chi connectivity index (χ0) is 16.5. The van der Waals surface area contributed by atoms with E-state index in [1.165, 1.54) is 0 Å². The molecule has 0 heterocycles. The molecule has 0 fully saturated rings. The van der Waals surface area contributed by atoms with E-state index in [1.807, 2.05) is 67.6 Å². The van der Waals surface area contributed by atoms with Gasteiger partial charge in [-0.05, 0) is 30.4 Å². The minimum atomic E-state index is -0.439. The van der Waals surface area contributed by atoms with Gasteiger partial charge in [0.1, 0.15) is 0 Å². The summed E-state index contributed by atoms with van der Waals surface area (Å²) in [6.45, 7) is 2.46. The number of hydrogen-bond acceptors (Lipinski definition) is 2. The number of carbonyl (C=O) groups excluding carboxylic acids is 1. The van der Waals surface area contributed by atoms with Crippen molar-refractivity contribution in [2.45, 2.75) is 38.8 Å². The molecule has 0 radical (unpaired) electrons. The highest BCUT2D eigenvalue weighted by molar-refractivity contribution is 5.79. The van der Waals surface area contributed by atoms with Crippen molar-refractivity contribution < 1.29 is 9.90 Å². The predicted molar refractivity (Wildman–Crippen MR) is 92.8 cm³/mol. The summed E-state index contributed by atoms with van der Waals surface area (Å²) in [5.74, 6) is -0.207. The van der Waals surface area contributed by atoms with Gasteiger partial charge in [-0.1, -0.05) is 67.6 Å². The molecule has 2 N–H and O–H groups in total.